The van der Waals surface area contributed by atoms with E-state index in [4.69, 9.17) is 4.42 Å². The van der Waals surface area contributed by atoms with E-state index in [9.17, 15) is 15.2 Å². The summed E-state index contributed by atoms with van der Waals surface area (Å²) in [4.78, 5) is 12.5. The minimum atomic E-state index is -0.445. The van der Waals surface area contributed by atoms with Crippen molar-refractivity contribution in [3.63, 3.8) is 0 Å². The Balaban J connectivity index is 1.75. The van der Waals surface area contributed by atoms with E-state index < -0.39 is 4.92 Å². The summed E-state index contributed by atoms with van der Waals surface area (Å²) in [7, 11) is 0. The molecule has 1 saturated heterocycles. The van der Waals surface area contributed by atoms with Gasteiger partial charge in [-0.25, -0.2) is 0 Å². The summed E-state index contributed by atoms with van der Waals surface area (Å²) < 4.78 is 5.79. The molecule has 0 saturated carbocycles. The van der Waals surface area contributed by atoms with E-state index >= 15 is 0 Å². The highest BCUT2D eigenvalue weighted by molar-refractivity contribution is 5.55. The molecule has 1 aliphatic heterocycles. The Morgan fingerprint density at radius 2 is 2.12 bits per heavy atom. The smallest absolute Gasteiger partial charge is 0.269 e. The van der Waals surface area contributed by atoms with Gasteiger partial charge in [0.1, 0.15) is 0 Å². The molecule has 3 rings (SSSR count). The summed E-state index contributed by atoms with van der Waals surface area (Å²) in [6.07, 6.45) is 2.02. The van der Waals surface area contributed by atoms with Crippen LogP contribution in [0.25, 0.3) is 11.5 Å². The number of hydrogen-bond donors (Lipinski definition) is 1. The van der Waals surface area contributed by atoms with Crippen LogP contribution in [-0.2, 0) is 0 Å². The number of nitro groups is 1. The van der Waals surface area contributed by atoms with Crippen LogP contribution in [0, 0.1) is 15.5 Å². The number of rotatable bonds is 5. The normalized spacial score (nSPS) is 22.7. The van der Waals surface area contributed by atoms with E-state index in [1.54, 1.807) is 12.1 Å². The van der Waals surface area contributed by atoms with Crippen LogP contribution in [0.5, 0.6) is 0 Å². The molecule has 1 aromatic carbocycles. The van der Waals surface area contributed by atoms with Crippen molar-refractivity contribution in [2.24, 2.45) is 5.41 Å². The third-order valence-corrected chi connectivity index (χ3v) is 4.86. The zero-order valence-corrected chi connectivity index (χ0v) is 14.4. The fourth-order valence-corrected chi connectivity index (χ4v) is 3.22. The number of aliphatic hydroxyl groups excluding tert-OH is 1. The first-order valence-electron chi connectivity index (χ1n) is 8.35. The summed E-state index contributed by atoms with van der Waals surface area (Å²) in [5.74, 6) is 0.856. The molecule has 0 bridgehead atoms. The molecular weight excluding hydrogens is 324 g/mol. The van der Waals surface area contributed by atoms with Gasteiger partial charge in [0.25, 0.3) is 5.69 Å². The van der Waals surface area contributed by atoms with E-state index in [0.29, 0.717) is 17.3 Å². The number of aliphatic hydroxyl groups is 1. The van der Waals surface area contributed by atoms with Crippen LogP contribution in [0.1, 0.15) is 38.6 Å². The second-order valence-corrected chi connectivity index (χ2v) is 6.97. The Labute approximate surface area is 145 Å². The predicted octanol–water partition coefficient (Wildman–Crippen LogP) is 2.80. The van der Waals surface area contributed by atoms with Crippen molar-refractivity contribution in [3.05, 3.63) is 40.3 Å². The quantitative estimate of drug-likeness (QED) is 0.655. The molecule has 8 heteroatoms. The second kappa shape index (κ2) is 6.89. The van der Waals surface area contributed by atoms with Gasteiger partial charge in [0.15, 0.2) is 0 Å². The number of hydrogen-bond acceptors (Lipinski definition) is 7. The summed E-state index contributed by atoms with van der Waals surface area (Å²) in [5.41, 5.74) is 0.567. The highest BCUT2D eigenvalue weighted by Gasteiger charge is 2.34. The molecule has 1 aromatic heterocycles. The Kier molecular flexibility index (Phi) is 4.82. The number of likely N-dealkylation sites (tertiary alicyclic amines) is 1. The van der Waals surface area contributed by atoms with Crippen molar-refractivity contribution in [2.45, 2.75) is 32.7 Å². The lowest BCUT2D eigenvalue weighted by atomic mass is 9.82. The number of nitro benzene ring substituents is 1. The molecule has 0 radical (unpaired) electrons. The van der Waals surface area contributed by atoms with Gasteiger partial charge < -0.3 is 9.52 Å². The first kappa shape index (κ1) is 17.5. The van der Waals surface area contributed by atoms with Gasteiger partial charge in [-0.3, -0.25) is 15.0 Å². The van der Waals surface area contributed by atoms with Gasteiger partial charge in [0.05, 0.1) is 11.0 Å². The van der Waals surface area contributed by atoms with Crippen LogP contribution in [0.2, 0.25) is 0 Å². The molecule has 1 N–H and O–H groups in total. The monoisotopic (exact) mass is 346 g/mol. The molecule has 1 fully saturated rings. The van der Waals surface area contributed by atoms with E-state index in [-0.39, 0.29) is 23.8 Å². The minimum Gasteiger partial charge on any atom is -0.419 e. The zero-order chi connectivity index (χ0) is 18.0. The molecule has 2 unspecified atom stereocenters. The Morgan fingerprint density at radius 1 is 1.40 bits per heavy atom. The zero-order valence-electron chi connectivity index (χ0n) is 14.4. The van der Waals surface area contributed by atoms with Crippen LogP contribution in [-0.4, -0.2) is 44.8 Å². The van der Waals surface area contributed by atoms with Crippen LogP contribution in [0.3, 0.4) is 0 Å². The van der Waals surface area contributed by atoms with Crippen LogP contribution in [0.4, 0.5) is 5.69 Å². The lowest BCUT2D eigenvalue weighted by Crippen LogP contribution is -2.44. The van der Waals surface area contributed by atoms with E-state index in [1.807, 2.05) is 6.92 Å². The first-order valence-corrected chi connectivity index (χ1v) is 8.35. The second-order valence-electron chi connectivity index (χ2n) is 6.97. The van der Waals surface area contributed by atoms with Crippen molar-refractivity contribution in [3.8, 4) is 11.5 Å². The maximum Gasteiger partial charge on any atom is 0.269 e. The molecule has 0 amide bonds. The fourth-order valence-electron chi connectivity index (χ4n) is 3.22. The Morgan fingerprint density at radius 3 is 2.76 bits per heavy atom. The molecule has 8 nitrogen and oxygen atoms in total. The minimum absolute atomic E-state index is 0.0217. The van der Waals surface area contributed by atoms with Crippen molar-refractivity contribution in [2.75, 3.05) is 19.7 Å². The van der Waals surface area contributed by atoms with Gasteiger partial charge >= 0.3 is 0 Å². The van der Waals surface area contributed by atoms with Gasteiger partial charge in [0, 0.05) is 36.3 Å². The number of nitrogens with zero attached hydrogens (tertiary/aromatic N) is 4. The molecule has 2 heterocycles. The average Bonchev–Trinajstić information content (AvgIpc) is 3.11. The number of benzene rings is 1. The van der Waals surface area contributed by atoms with Gasteiger partial charge in [-0.2, -0.15) is 0 Å². The molecule has 2 atom stereocenters. The molecule has 0 aliphatic carbocycles. The SMILES string of the molecule is CC(c1nnc(-c2ccc([N+](=O)[O-])cc2)o1)N1CCCC(C)(CO)C1. The summed E-state index contributed by atoms with van der Waals surface area (Å²) >= 11 is 0. The van der Waals surface area contributed by atoms with Gasteiger partial charge in [-0.15, -0.1) is 10.2 Å². The number of non-ortho nitro benzene ring substituents is 1. The molecule has 2 aromatic rings. The maximum atomic E-state index is 10.7. The molecule has 134 valence electrons. The third kappa shape index (κ3) is 3.69. The first-order chi connectivity index (χ1) is 11.9. The van der Waals surface area contributed by atoms with Crippen molar-refractivity contribution in [1.29, 1.82) is 0 Å². The molecule has 25 heavy (non-hydrogen) atoms. The van der Waals surface area contributed by atoms with Crippen LogP contribution in [0.15, 0.2) is 28.7 Å². The Bertz CT molecular complexity index is 745. The van der Waals surface area contributed by atoms with Crippen molar-refractivity contribution in [1.82, 2.24) is 15.1 Å². The fraction of sp³-hybridized carbons (Fsp3) is 0.529. The van der Waals surface area contributed by atoms with Crippen LogP contribution < -0.4 is 0 Å². The standard InChI is InChI=1S/C17H22N4O4/c1-12(20-9-3-8-17(2,10-20)11-22)15-18-19-16(25-15)13-4-6-14(7-5-13)21(23)24/h4-7,12,22H,3,8-11H2,1-2H3. The summed E-state index contributed by atoms with van der Waals surface area (Å²) in [5, 5.41) is 28.5. The highest BCUT2D eigenvalue weighted by atomic mass is 16.6. The predicted molar refractivity (Wildman–Crippen MR) is 90.8 cm³/mol. The highest BCUT2D eigenvalue weighted by Crippen LogP contribution is 2.34. The van der Waals surface area contributed by atoms with Crippen molar-refractivity contribution < 1.29 is 14.4 Å². The maximum absolute atomic E-state index is 10.7. The third-order valence-electron chi connectivity index (χ3n) is 4.86. The van der Waals surface area contributed by atoms with E-state index in [2.05, 4.69) is 22.0 Å². The molecule has 0 spiro atoms. The largest absolute Gasteiger partial charge is 0.419 e. The van der Waals surface area contributed by atoms with Crippen LogP contribution >= 0.6 is 0 Å². The van der Waals surface area contributed by atoms with Gasteiger partial charge in [0.2, 0.25) is 11.8 Å². The lowest BCUT2D eigenvalue weighted by molar-refractivity contribution is -0.384. The average molecular weight is 346 g/mol. The molecule has 1 aliphatic rings. The number of piperidine rings is 1. The summed E-state index contributed by atoms with van der Waals surface area (Å²) in [6.45, 7) is 5.96. The summed E-state index contributed by atoms with van der Waals surface area (Å²) in [6, 6.07) is 5.98. The van der Waals surface area contributed by atoms with Crippen molar-refractivity contribution >= 4 is 5.69 Å². The number of aromatic nitrogens is 2. The van der Waals surface area contributed by atoms with E-state index in [1.165, 1.54) is 12.1 Å². The van der Waals surface area contributed by atoms with Gasteiger partial charge in [-0.05, 0) is 38.4 Å². The Hall–Kier alpha value is -2.32. The van der Waals surface area contributed by atoms with Gasteiger partial charge in [-0.1, -0.05) is 6.92 Å². The molecular formula is C17H22N4O4. The lowest BCUT2D eigenvalue weighted by Gasteiger charge is -2.41. The topological polar surface area (TPSA) is 106 Å². The van der Waals surface area contributed by atoms with E-state index in [0.717, 1.165) is 25.9 Å².